The van der Waals surface area contributed by atoms with Gasteiger partial charge in [0.1, 0.15) is 0 Å². The molecule has 0 aliphatic carbocycles. The van der Waals surface area contributed by atoms with Crippen molar-refractivity contribution in [2.24, 2.45) is 5.92 Å². The smallest absolute Gasteiger partial charge is 0.220 e. The lowest BCUT2D eigenvalue weighted by Gasteiger charge is -2.09. The molecule has 1 unspecified atom stereocenters. The van der Waals surface area contributed by atoms with E-state index in [9.17, 15) is 4.79 Å². The zero-order chi connectivity index (χ0) is 13.8. The van der Waals surface area contributed by atoms with Gasteiger partial charge in [-0.2, -0.15) is 11.8 Å². The molecule has 20 heavy (non-hydrogen) atoms. The molecule has 1 aliphatic heterocycles. The minimum Gasteiger partial charge on any atom is -0.361 e. The summed E-state index contributed by atoms with van der Waals surface area (Å²) >= 11 is 1.99. The van der Waals surface area contributed by atoms with Gasteiger partial charge in [-0.1, -0.05) is 18.2 Å². The van der Waals surface area contributed by atoms with Crippen molar-refractivity contribution >= 4 is 28.6 Å². The van der Waals surface area contributed by atoms with Crippen LogP contribution in [0.25, 0.3) is 10.9 Å². The normalized spacial score (nSPS) is 18.5. The zero-order valence-corrected chi connectivity index (χ0v) is 12.3. The van der Waals surface area contributed by atoms with E-state index < -0.39 is 0 Å². The van der Waals surface area contributed by atoms with Gasteiger partial charge in [0.05, 0.1) is 0 Å². The molecule has 1 amide bonds. The molecule has 3 rings (SSSR count). The summed E-state index contributed by atoms with van der Waals surface area (Å²) in [5.41, 5.74) is 2.37. The quantitative estimate of drug-likeness (QED) is 0.888. The fourth-order valence-electron chi connectivity index (χ4n) is 2.68. The number of H-pyrrole nitrogens is 1. The average molecular weight is 288 g/mol. The Balaban J connectivity index is 1.49. The Kier molecular flexibility index (Phi) is 4.31. The van der Waals surface area contributed by atoms with E-state index in [4.69, 9.17) is 0 Å². The van der Waals surface area contributed by atoms with Crippen LogP contribution in [0.1, 0.15) is 18.4 Å². The Bertz CT molecular complexity index is 587. The highest BCUT2D eigenvalue weighted by Gasteiger charge is 2.16. The third-order valence-corrected chi connectivity index (χ3v) is 5.14. The summed E-state index contributed by atoms with van der Waals surface area (Å²) in [6.07, 6.45) is 4.63. The lowest BCUT2D eigenvalue weighted by Crippen LogP contribution is -2.29. The van der Waals surface area contributed by atoms with Crippen LogP contribution in [0.15, 0.2) is 30.5 Å². The standard InChI is InChI=1S/C16H20N2OS/c19-16(18-9-12-7-8-20-11-12)6-5-13-10-17-15-4-2-1-3-14(13)15/h1-4,10,12,17H,5-9,11H2,(H,18,19). The number of thioether (sulfide) groups is 1. The SMILES string of the molecule is O=C(CCc1c[nH]c2ccccc12)NCC1CCSC1. The van der Waals surface area contributed by atoms with Crippen molar-refractivity contribution in [2.45, 2.75) is 19.3 Å². The Hall–Kier alpha value is -1.42. The predicted molar refractivity (Wildman–Crippen MR) is 85.1 cm³/mol. The van der Waals surface area contributed by atoms with Crippen molar-refractivity contribution in [1.29, 1.82) is 0 Å². The second-order valence-corrected chi connectivity index (χ2v) is 6.54. The van der Waals surface area contributed by atoms with Gasteiger partial charge >= 0.3 is 0 Å². The number of aryl methyl sites for hydroxylation is 1. The molecule has 2 N–H and O–H groups in total. The van der Waals surface area contributed by atoms with Gasteiger partial charge in [0, 0.05) is 30.1 Å². The first kappa shape index (κ1) is 13.6. The second-order valence-electron chi connectivity index (χ2n) is 5.39. The highest BCUT2D eigenvalue weighted by atomic mass is 32.2. The maximum atomic E-state index is 11.9. The van der Waals surface area contributed by atoms with Crippen LogP contribution in [0, 0.1) is 5.92 Å². The van der Waals surface area contributed by atoms with Crippen molar-refractivity contribution in [3.63, 3.8) is 0 Å². The van der Waals surface area contributed by atoms with Crippen LogP contribution in [0.3, 0.4) is 0 Å². The van der Waals surface area contributed by atoms with E-state index in [0.717, 1.165) is 18.5 Å². The molecule has 3 nitrogen and oxygen atoms in total. The van der Waals surface area contributed by atoms with E-state index in [0.29, 0.717) is 12.3 Å². The fourth-order valence-corrected chi connectivity index (χ4v) is 3.96. The molecule has 2 heterocycles. The molecular formula is C16H20N2OS. The number of aromatic amines is 1. The van der Waals surface area contributed by atoms with Gasteiger partial charge in [-0.15, -0.1) is 0 Å². The number of fused-ring (bicyclic) bond motifs is 1. The van der Waals surface area contributed by atoms with Crippen LogP contribution < -0.4 is 5.32 Å². The predicted octanol–water partition coefficient (Wildman–Crippen LogP) is 2.97. The topological polar surface area (TPSA) is 44.9 Å². The van der Waals surface area contributed by atoms with E-state index in [2.05, 4.69) is 22.4 Å². The molecule has 0 saturated carbocycles. The average Bonchev–Trinajstić information content (AvgIpc) is 3.12. The lowest BCUT2D eigenvalue weighted by atomic mass is 10.1. The highest BCUT2D eigenvalue weighted by molar-refractivity contribution is 7.99. The van der Waals surface area contributed by atoms with Gasteiger partial charge in [0.15, 0.2) is 0 Å². The number of benzene rings is 1. The number of carbonyl (C=O) groups excluding carboxylic acids is 1. The molecular weight excluding hydrogens is 268 g/mol. The molecule has 4 heteroatoms. The molecule has 1 aromatic heterocycles. The number of aromatic nitrogens is 1. The Morgan fingerprint density at radius 3 is 3.15 bits per heavy atom. The maximum absolute atomic E-state index is 11.9. The number of para-hydroxylation sites is 1. The third-order valence-electron chi connectivity index (χ3n) is 3.91. The monoisotopic (exact) mass is 288 g/mol. The summed E-state index contributed by atoms with van der Waals surface area (Å²) in [5.74, 6) is 3.29. The van der Waals surface area contributed by atoms with E-state index >= 15 is 0 Å². The number of amides is 1. The molecule has 1 aromatic carbocycles. The number of nitrogens with one attached hydrogen (secondary N) is 2. The van der Waals surface area contributed by atoms with Gasteiger partial charge < -0.3 is 10.3 Å². The largest absolute Gasteiger partial charge is 0.361 e. The number of hydrogen-bond acceptors (Lipinski definition) is 2. The molecule has 1 aliphatic rings. The highest BCUT2D eigenvalue weighted by Crippen LogP contribution is 2.22. The molecule has 2 aromatic rings. The first-order valence-corrected chi connectivity index (χ1v) is 8.38. The molecule has 1 fully saturated rings. The molecule has 0 spiro atoms. The van der Waals surface area contributed by atoms with Crippen LogP contribution >= 0.6 is 11.8 Å². The van der Waals surface area contributed by atoms with Gasteiger partial charge in [0.25, 0.3) is 0 Å². The molecule has 0 bridgehead atoms. The van der Waals surface area contributed by atoms with Crippen molar-refractivity contribution < 1.29 is 4.79 Å². The Morgan fingerprint density at radius 2 is 2.30 bits per heavy atom. The lowest BCUT2D eigenvalue weighted by molar-refractivity contribution is -0.121. The Morgan fingerprint density at radius 1 is 1.40 bits per heavy atom. The van der Waals surface area contributed by atoms with E-state index in [1.54, 1.807) is 0 Å². The van der Waals surface area contributed by atoms with Gasteiger partial charge in [-0.25, -0.2) is 0 Å². The molecule has 106 valence electrons. The molecule has 1 saturated heterocycles. The van der Waals surface area contributed by atoms with Crippen LogP contribution in [-0.2, 0) is 11.2 Å². The maximum Gasteiger partial charge on any atom is 0.220 e. The summed E-state index contributed by atoms with van der Waals surface area (Å²) in [6, 6.07) is 8.23. The number of hydrogen-bond donors (Lipinski definition) is 2. The van der Waals surface area contributed by atoms with Gasteiger partial charge in [-0.05, 0) is 41.9 Å². The van der Waals surface area contributed by atoms with Crippen LogP contribution in [0.2, 0.25) is 0 Å². The van der Waals surface area contributed by atoms with Crippen molar-refractivity contribution in [3.05, 3.63) is 36.0 Å². The summed E-state index contributed by atoms with van der Waals surface area (Å²) in [4.78, 5) is 15.2. The van der Waals surface area contributed by atoms with Crippen LogP contribution in [0.4, 0.5) is 0 Å². The minimum absolute atomic E-state index is 0.173. The fraction of sp³-hybridized carbons (Fsp3) is 0.438. The number of rotatable bonds is 5. The first-order chi connectivity index (χ1) is 9.83. The van der Waals surface area contributed by atoms with E-state index in [1.165, 1.54) is 28.9 Å². The summed E-state index contributed by atoms with van der Waals surface area (Å²) < 4.78 is 0. The van der Waals surface area contributed by atoms with Crippen molar-refractivity contribution in [3.8, 4) is 0 Å². The first-order valence-electron chi connectivity index (χ1n) is 7.22. The van der Waals surface area contributed by atoms with E-state index in [1.807, 2.05) is 30.1 Å². The van der Waals surface area contributed by atoms with Crippen molar-refractivity contribution in [1.82, 2.24) is 10.3 Å². The van der Waals surface area contributed by atoms with Crippen LogP contribution in [-0.4, -0.2) is 28.9 Å². The van der Waals surface area contributed by atoms with Crippen molar-refractivity contribution in [2.75, 3.05) is 18.1 Å². The zero-order valence-electron chi connectivity index (χ0n) is 11.5. The van der Waals surface area contributed by atoms with Crippen LogP contribution in [0.5, 0.6) is 0 Å². The molecule has 0 radical (unpaired) electrons. The molecule has 1 atom stereocenters. The van der Waals surface area contributed by atoms with Gasteiger partial charge in [0.2, 0.25) is 5.91 Å². The van der Waals surface area contributed by atoms with Gasteiger partial charge in [-0.3, -0.25) is 4.79 Å². The third kappa shape index (κ3) is 3.18. The summed E-state index contributed by atoms with van der Waals surface area (Å²) in [5, 5.41) is 4.30. The summed E-state index contributed by atoms with van der Waals surface area (Å²) in [6.45, 7) is 0.847. The second kappa shape index (κ2) is 6.35. The number of carbonyl (C=O) groups is 1. The minimum atomic E-state index is 0.173. The van der Waals surface area contributed by atoms with E-state index in [-0.39, 0.29) is 5.91 Å². The summed E-state index contributed by atoms with van der Waals surface area (Å²) in [7, 11) is 0. The Labute approximate surface area is 123 Å².